The maximum absolute atomic E-state index is 9.67. The molecule has 4 aromatic rings. The molecule has 0 bridgehead atoms. The van der Waals surface area contributed by atoms with Crippen molar-refractivity contribution in [2.24, 2.45) is 0 Å². The van der Waals surface area contributed by atoms with Crippen molar-refractivity contribution >= 4 is 45.9 Å². The van der Waals surface area contributed by atoms with Gasteiger partial charge in [-0.1, -0.05) is 11.6 Å². The number of aliphatic hydroxyl groups is 1. The second kappa shape index (κ2) is 10.4. The van der Waals surface area contributed by atoms with Crippen molar-refractivity contribution in [1.82, 2.24) is 24.5 Å². The number of aromatic nitrogens is 5. The number of halogens is 1. The maximum atomic E-state index is 9.67. The molecular weight excluding hydrogens is 478 g/mol. The van der Waals surface area contributed by atoms with Crippen LogP contribution < -0.4 is 15.5 Å². The molecule has 1 saturated heterocycles. The van der Waals surface area contributed by atoms with Crippen molar-refractivity contribution in [3.05, 3.63) is 59.6 Å². The largest absolute Gasteiger partial charge is 0.392 e. The second-order valence-corrected chi connectivity index (χ2v) is 9.29. The number of hydrogen-bond donors (Lipinski definition) is 3. The summed E-state index contributed by atoms with van der Waals surface area (Å²) in [4.78, 5) is 20.0. The van der Waals surface area contributed by atoms with Crippen LogP contribution >= 0.6 is 11.6 Å². The molecule has 0 spiro atoms. The van der Waals surface area contributed by atoms with Gasteiger partial charge in [0.05, 0.1) is 35.2 Å². The van der Waals surface area contributed by atoms with E-state index < -0.39 is 6.10 Å². The Balaban J connectivity index is 1.22. The number of fused-ring (bicyclic) bond motifs is 1. The molecule has 1 aromatic carbocycles. The first-order valence-corrected chi connectivity index (χ1v) is 12.2. The first-order chi connectivity index (χ1) is 17.5. The molecule has 11 heteroatoms. The number of pyridine rings is 1. The Kier molecular flexibility index (Phi) is 6.84. The molecule has 0 saturated carbocycles. The van der Waals surface area contributed by atoms with Crippen LogP contribution in [0.2, 0.25) is 5.02 Å². The molecule has 0 radical (unpaired) electrons. The smallest absolute Gasteiger partial charge is 0.229 e. The zero-order valence-electron chi connectivity index (χ0n) is 19.8. The van der Waals surface area contributed by atoms with Crippen LogP contribution in [0.15, 0.2) is 49.1 Å². The molecule has 1 unspecified atom stereocenters. The van der Waals surface area contributed by atoms with Crippen LogP contribution in [0, 0.1) is 11.3 Å². The fourth-order valence-electron chi connectivity index (χ4n) is 4.31. The molecule has 3 aromatic heterocycles. The summed E-state index contributed by atoms with van der Waals surface area (Å²) in [5, 5.41) is 25.8. The molecule has 0 amide bonds. The monoisotopic (exact) mass is 503 g/mol. The number of anilines is 4. The highest BCUT2D eigenvalue weighted by Gasteiger charge is 2.21. The van der Waals surface area contributed by atoms with Crippen molar-refractivity contribution in [3.8, 4) is 6.07 Å². The van der Waals surface area contributed by atoms with Crippen LogP contribution in [-0.4, -0.2) is 54.8 Å². The fraction of sp³-hybridized carbons (Fsp3) is 0.320. The van der Waals surface area contributed by atoms with Crippen LogP contribution in [0.3, 0.4) is 0 Å². The number of hydrogen-bond acceptors (Lipinski definition) is 9. The van der Waals surface area contributed by atoms with Gasteiger partial charge < -0.3 is 25.2 Å². The van der Waals surface area contributed by atoms with E-state index in [1.807, 2.05) is 28.8 Å². The number of rotatable bonds is 7. The summed E-state index contributed by atoms with van der Waals surface area (Å²) in [5.41, 5.74) is 3.13. The number of nitrogens with zero attached hydrogens (tertiary/aromatic N) is 7. The zero-order chi connectivity index (χ0) is 25.1. The van der Waals surface area contributed by atoms with Crippen LogP contribution in [0.4, 0.5) is 23.3 Å². The number of piperidine rings is 1. The van der Waals surface area contributed by atoms with Gasteiger partial charge in [-0.25, -0.2) is 15.0 Å². The lowest BCUT2D eigenvalue weighted by atomic mass is 10.0. The second-order valence-electron chi connectivity index (χ2n) is 8.89. The van der Waals surface area contributed by atoms with Gasteiger partial charge in [0.15, 0.2) is 5.82 Å². The number of nitrogens with one attached hydrogen (secondary N) is 2. The van der Waals surface area contributed by atoms with Gasteiger partial charge in [0.25, 0.3) is 0 Å². The molecule has 3 N–H and O–H groups in total. The lowest BCUT2D eigenvalue weighted by Gasteiger charge is -2.33. The molecule has 1 fully saturated rings. The normalized spacial score (nSPS) is 15.0. The molecule has 184 valence electrons. The maximum Gasteiger partial charge on any atom is 0.229 e. The molecule has 36 heavy (non-hydrogen) atoms. The number of benzene rings is 1. The summed E-state index contributed by atoms with van der Waals surface area (Å²) < 4.78 is 1.92. The Morgan fingerprint density at radius 3 is 2.72 bits per heavy atom. The predicted octanol–water partition coefficient (Wildman–Crippen LogP) is 3.95. The number of imidazole rings is 1. The first-order valence-electron chi connectivity index (χ1n) is 11.8. The lowest BCUT2D eigenvalue weighted by molar-refractivity contribution is 0.175. The fourth-order valence-corrected chi connectivity index (χ4v) is 4.46. The van der Waals surface area contributed by atoms with Gasteiger partial charge in [-0.15, -0.1) is 0 Å². The zero-order valence-corrected chi connectivity index (χ0v) is 20.5. The average molecular weight is 504 g/mol. The van der Waals surface area contributed by atoms with Crippen LogP contribution in [0.5, 0.6) is 0 Å². The van der Waals surface area contributed by atoms with Crippen LogP contribution in [0.1, 0.15) is 25.3 Å². The van der Waals surface area contributed by atoms with E-state index in [0.29, 0.717) is 28.9 Å². The highest BCUT2D eigenvalue weighted by atomic mass is 35.5. The average Bonchev–Trinajstić information content (AvgIpc) is 3.28. The summed E-state index contributed by atoms with van der Waals surface area (Å²) >= 11 is 6.40. The summed E-state index contributed by atoms with van der Waals surface area (Å²) in [6.45, 7) is 3.92. The van der Waals surface area contributed by atoms with Gasteiger partial charge in [0.1, 0.15) is 16.9 Å². The standard InChI is InChI=1S/C25H26ClN9O/c1-16(36)14-35-15-30-21-10-19(3-4-22(21)35)32-25-29-13-20(26)24(33-25)31-18-6-8-34(9-7-18)23-5-2-17(11-27)12-28-23/h2-5,10,12-13,15-16,18,36H,6-9,14H2,1H3,(H2,29,31,32,33). The van der Waals surface area contributed by atoms with E-state index in [1.165, 1.54) is 0 Å². The van der Waals surface area contributed by atoms with Crippen LogP contribution in [-0.2, 0) is 6.54 Å². The van der Waals surface area contributed by atoms with Crippen molar-refractivity contribution in [1.29, 1.82) is 5.26 Å². The van der Waals surface area contributed by atoms with Gasteiger partial charge in [-0.05, 0) is 50.1 Å². The topological polar surface area (TPSA) is 128 Å². The first kappa shape index (κ1) is 23.8. The third kappa shape index (κ3) is 5.32. The Morgan fingerprint density at radius 2 is 2.00 bits per heavy atom. The van der Waals surface area contributed by atoms with Gasteiger partial charge in [-0.2, -0.15) is 10.2 Å². The van der Waals surface area contributed by atoms with E-state index in [2.05, 4.69) is 41.5 Å². The van der Waals surface area contributed by atoms with Gasteiger partial charge >= 0.3 is 0 Å². The third-order valence-corrected chi connectivity index (χ3v) is 6.40. The summed E-state index contributed by atoms with van der Waals surface area (Å²) in [7, 11) is 0. The molecule has 4 heterocycles. The molecule has 5 rings (SSSR count). The van der Waals surface area contributed by atoms with E-state index in [0.717, 1.165) is 48.5 Å². The predicted molar refractivity (Wildman–Crippen MR) is 140 cm³/mol. The number of aliphatic hydroxyl groups excluding tert-OH is 1. The quantitative estimate of drug-likeness (QED) is 0.343. The molecule has 1 aliphatic rings. The highest BCUT2D eigenvalue weighted by molar-refractivity contribution is 6.32. The van der Waals surface area contributed by atoms with Crippen molar-refractivity contribution in [3.63, 3.8) is 0 Å². The van der Waals surface area contributed by atoms with E-state index in [1.54, 1.807) is 31.7 Å². The van der Waals surface area contributed by atoms with E-state index in [4.69, 9.17) is 16.9 Å². The third-order valence-electron chi connectivity index (χ3n) is 6.12. The molecule has 10 nitrogen and oxygen atoms in total. The van der Waals surface area contributed by atoms with E-state index in [9.17, 15) is 5.11 Å². The summed E-state index contributed by atoms with van der Waals surface area (Å²) in [6, 6.07) is 11.8. The van der Waals surface area contributed by atoms with Gasteiger partial charge in [0.2, 0.25) is 5.95 Å². The van der Waals surface area contributed by atoms with Gasteiger partial charge in [-0.3, -0.25) is 0 Å². The van der Waals surface area contributed by atoms with Crippen LogP contribution in [0.25, 0.3) is 11.0 Å². The minimum atomic E-state index is -0.450. The molecule has 1 atom stereocenters. The van der Waals surface area contributed by atoms with Crippen molar-refractivity contribution in [2.75, 3.05) is 28.6 Å². The Morgan fingerprint density at radius 1 is 1.17 bits per heavy atom. The Hall–Kier alpha value is -3.94. The lowest BCUT2D eigenvalue weighted by Crippen LogP contribution is -2.39. The minimum Gasteiger partial charge on any atom is -0.392 e. The SMILES string of the molecule is CC(O)Cn1cnc2cc(Nc3ncc(Cl)c(NC4CCN(c5ccc(C#N)cn5)CC4)n3)ccc21. The Bertz CT molecular complexity index is 1390. The van der Waals surface area contributed by atoms with Gasteiger partial charge in [0, 0.05) is 37.6 Å². The van der Waals surface area contributed by atoms with E-state index in [-0.39, 0.29) is 6.04 Å². The van der Waals surface area contributed by atoms with Crippen molar-refractivity contribution < 1.29 is 5.11 Å². The van der Waals surface area contributed by atoms with Crippen molar-refractivity contribution in [2.45, 2.75) is 38.5 Å². The Labute approximate surface area is 213 Å². The molecular formula is C25H26ClN9O. The van der Waals surface area contributed by atoms with E-state index >= 15 is 0 Å². The minimum absolute atomic E-state index is 0.217. The summed E-state index contributed by atoms with van der Waals surface area (Å²) in [5.74, 6) is 1.90. The molecule has 0 aliphatic carbocycles. The summed E-state index contributed by atoms with van der Waals surface area (Å²) in [6.07, 6.45) is 6.27. The highest BCUT2D eigenvalue weighted by Crippen LogP contribution is 2.26. The number of nitriles is 1. The molecule has 1 aliphatic heterocycles.